The van der Waals surface area contributed by atoms with Crippen molar-refractivity contribution in [1.82, 2.24) is 15.3 Å². The molecule has 0 radical (unpaired) electrons. The second kappa shape index (κ2) is 10.1. The van der Waals surface area contributed by atoms with E-state index >= 15 is 0 Å². The summed E-state index contributed by atoms with van der Waals surface area (Å²) in [4.78, 5) is 21.0. The lowest BCUT2D eigenvalue weighted by Gasteiger charge is -2.21. The molecular weight excluding hydrogens is 470 g/mol. The van der Waals surface area contributed by atoms with Gasteiger partial charge in [-0.3, -0.25) is 4.79 Å². The van der Waals surface area contributed by atoms with Crippen LogP contribution in [0.25, 0.3) is 11.1 Å². The first-order valence-electron chi connectivity index (χ1n) is 12.4. The van der Waals surface area contributed by atoms with Gasteiger partial charge in [0.15, 0.2) is 0 Å². The Morgan fingerprint density at radius 3 is 2.49 bits per heavy atom. The summed E-state index contributed by atoms with van der Waals surface area (Å²) in [5.74, 6) is -1.15. The standard InChI is InChI=1S/C30H28F2N4O/c1-3-4-20-13-29(33)36-17(2)25(20)15-35-30(37)22-8-6-19-9-18-5-7-21(10-23(18)12-24(19)11-22)26-16-34-28(32)14-27(26)31/h5-8,10-11,13-14,16H,3-4,9,12,15H2,1-2H3,(H2,33,36)(H,35,37). The molecule has 3 N–H and O–H groups in total. The Balaban J connectivity index is 1.35. The molecule has 7 heteroatoms. The van der Waals surface area contributed by atoms with Crippen LogP contribution in [0.5, 0.6) is 0 Å². The molecule has 0 fully saturated rings. The Hall–Kier alpha value is -4.13. The molecule has 2 aromatic heterocycles. The summed E-state index contributed by atoms with van der Waals surface area (Å²) in [6, 6.07) is 14.2. The van der Waals surface area contributed by atoms with E-state index in [0.29, 0.717) is 29.9 Å². The number of carbonyl (C=O) groups excluding carboxylic acids is 1. The van der Waals surface area contributed by atoms with Crippen molar-refractivity contribution in [2.45, 2.75) is 46.1 Å². The van der Waals surface area contributed by atoms with Crippen LogP contribution in [-0.4, -0.2) is 15.9 Å². The number of aromatic nitrogens is 2. The highest BCUT2D eigenvalue weighted by molar-refractivity contribution is 5.94. The van der Waals surface area contributed by atoms with Crippen LogP contribution in [0.1, 0.15) is 62.8 Å². The van der Waals surface area contributed by atoms with Gasteiger partial charge < -0.3 is 11.1 Å². The number of aryl methyl sites for hydroxylation is 2. The fourth-order valence-electron chi connectivity index (χ4n) is 5.06. The number of carbonyl (C=O) groups is 1. The number of benzene rings is 2. The van der Waals surface area contributed by atoms with Gasteiger partial charge in [-0.2, -0.15) is 4.39 Å². The van der Waals surface area contributed by atoms with E-state index in [-0.39, 0.29) is 11.5 Å². The third-order valence-corrected chi connectivity index (χ3v) is 6.96. The quantitative estimate of drug-likeness (QED) is 0.295. The third kappa shape index (κ3) is 5.07. The highest BCUT2D eigenvalue weighted by atomic mass is 19.1. The van der Waals surface area contributed by atoms with Crippen molar-refractivity contribution in [1.29, 1.82) is 0 Å². The summed E-state index contributed by atoms with van der Waals surface area (Å²) in [7, 11) is 0. The number of rotatable bonds is 6. The number of hydrogen-bond donors (Lipinski definition) is 2. The van der Waals surface area contributed by atoms with Crippen LogP contribution in [0.2, 0.25) is 0 Å². The zero-order valence-corrected chi connectivity index (χ0v) is 20.9. The Labute approximate surface area is 214 Å². The predicted octanol–water partition coefficient (Wildman–Crippen LogP) is 5.69. The SMILES string of the molecule is CCCc1cc(N)nc(C)c1CNC(=O)c1ccc2c(c1)Cc1cc(-c3cnc(F)cc3F)ccc1C2. The number of fused-ring (bicyclic) bond motifs is 2. The van der Waals surface area contributed by atoms with Gasteiger partial charge in [-0.25, -0.2) is 14.4 Å². The molecule has 0 bridgehead atoms. The molecular formula is C30H28F2N4O. The van der Waals surface area contributed by atoms with Crippen molar-refractivity contribution in [3.63, 3.8) is 0 Å². The average Bonchev–Trinajstić information content (AvgIpc) is 2.86. The predicted molar refractivity (Wildman–Crippen MR) is 140 cm³/mol. The number of anilines is 1. The zero-order valence-electron chi connectivity index (χ0n) is 20.9. The summed E-state index contributed by atoms with van der Waals surface area (Å²) in [6.07, 6.45) is 4.42. The van der Waals surface area contributed by atoms with E-state index < -0.39 is 11.8 Å². The molecule has 4 aromatic rings. The fourth-order valence-corrected chi connectivity index (χ4v) is 5.06. The summed E-state index contributed by atoms with van der Waals surface area (Å²) in [5.41, 5.74) is 14.8. The van der Waals surface area contributed by atoms with Gasteiger partial charge in [0.2, 0.25) is 5.95 Å². The molecule has 0 spiro atoms. The average molecular weight is 499 g/mol. The lowest BCUT2D eigenvalue weighted by Crippen LogP contribution is -2.25. The molecule has 5 nitrogen and oxygen atoms in total. The molecule has 0 saturated carbocycles. The monoisotopic (exact) mass is 498 g/mol. The van der Waals surface area contributed by atoms with Gasteiger partial charge in [0.25, 0.3) is 5.91 Å². The zero-order chi connectivity index (χ0) is 26.1. The van der Waals surface area contributed by atoms with Gasteiger partial charge in [-0.15, -0.1) is 0 Å². The second-order valence-corrected chi connectivity index (χ2v) is 9.51. The molecule has 1 amide bonds. The maximum absolute atomic E-state index is 14.3. The van der Waals surface area contributed by atoms with Crippen molar-refractivity contribution in [2.24, 2.45) is 0 Å². The number of halogens is 2. The van der Waals surface area contributed by atoms with E-state index in [4.69, 9.17) is 5.73 Å². The van der Waals surface area contributed by atoms with Crippen molar-refractivity contribution < 1.29 is 13.6 Å². The Morgan fingerprint density at radius 2 is 1.73 bits per heavy atom. The van der Waals surface area contributed by atoms with Gasteiger partial charge in [-0.05, 0) is 83.3 Å². The van der Waals surface area contributed by atoms with Crippen LogP contribution in [0, 0.1) is 18.7 Å². The summed E-state index contributed by atoms with van der Waals surface area (Å²) in [6.45, 7) is 4.40. The maximum atomic E-state index is 14.3. The molecule has 5 rings (SSSR count). The van der Waals surface area contributed by atoms with Crippen LogP contribution < -0.4 is 11.1 Å². The van der Waals surface area contributed by atoms with Crippen LogP contribution >= 0.6 is 0 Å². The molecule has 1 aliphatic carbocycles. The minimum atomic E-state index is -0.844. The van der Waals surface area contributed by atoms with E-state index in [2.05, 4.69) is 22.2 Å². The smallest absolute Gasteiger partial charge is 0.251 e. The molecule has 2 aromatic carbocycles. The Kier molecular flexibility index (Phi) is 6.70. The van der Waals surface area contributed by atoms with Crippen molar-refractivity contribution in [2.75, 3.05) is 5.73 Å². The van der Waals surface area contributed by atoms with Crippen LogP contribution in [0.3, 0.4) is 0 Å². The van der Waals surface area contributed by atoms with E-state index in [1.165, 1.54) is 6.20 Å². The van der Waals surface area contributed by atoms with E-state index in [0.717, 1.165) is 64.4 Å². The number of nitrogens with one attached hydrogen (secondary N) is 1. The van der Waals surface area contributed by atoms with E-state index in [9.17, 15) is 13.6 Å². The van der Waals surface area contributed by atoms with Crippen molar-refractivity contribution in [3.05, 3.63) is 111 Å². The van der Waals surface area contributed by atoms with Crippen LogP contribution in [0.4, 0.5) is 14.6 Å². The molecule has 188 valence electrons. The largest absolute Gasteiger partial charge is 0.384 e. The summed E-state index contributed by atoms with van der Waals surface area (Å²) < 4.78 is 27.6. The van der Waals surface area contributed by atoms with Gasteiger partial charge in [0, 0.05) is 35.6 Å². The van der Waals surface area contributed by atoms with Crippen molar-refractivity contribution in [3.8, 4) is 11.1 Å². The first-order valence-corrected chi connectivity index (χ1v) is 12.4. The number of pyridine rings is 2. The highest BCUT2D eigenvalue weighted by Crippen LogP contribution is 2.32. The number of amides is 1. The summed E-state index contributed by atoms with van der Waals surface area (Å²) >= 11 is 0. The molecule has 2 heterocycles. The maximum Gasteiger partial charge on any atom is 0.251 e. The molecule has 0 saturated heterocycles. The lowest BCUT2D eigenvalue weighted by atomic mass is 9.84. The lowest BCUT2D eigenvalue weighted by molar-refractivity contribution is 0.0950. The topological polar surface area (TPSA) is 80.9 Å². The van der Waals surface area contributed by atoms with Crippen LogP contribution in [-0.2, 0) is 25.8 Å². The first kappa shape index (κ1) is 24.6. The normalized spacial score (nSPS) is 12.1. The minimum Gasteiger partial charge on any atom is -0.384 e. The highest BCUT2D eigenvalue weighted by Gasteiger charge is 2.19. The summed E-state index contributed by atoms with van der Waals surface area (Å²) in [5, 5.41) is 3.04. The number of nitrogens with zero attached hydrogens (tertiary/aromatic N) is 2. The number of hydrogen-bond acceptors (Lipinski definition) is 4. The molecule has 0 unspecified atom stereocenters. The van der Waals surface area contributed by atoms with Gasteiger partial charge in [0.05, 0.1) is 0 Å². The third-order valence-electron chi connectivity index (χ3n) is 6.96. The molecule has 0 aliphatic heterocycles. The van der Waals surface area contributed by atoms with E-state index in [1.54, 1.807) is 0 Å². The van der Waals surface area contributed by atoms with Gasteiger partial charge >= 0.3 is 0 Å². The van der Waals surface area contributed by atoms with Crippen molar-refractivity contribution >= 4 is 11.7 Å². The Morgan fingerprint density at radius 1 is 1.00 bits per heavy atom. The number of nitrogens with two attached hydrogens (primary N) is 1. The molecule has 1 aliphatic rings. The molecule has 0 atom stereocenters. The Bertz CT molecular complexity index is 1520. The van der Waals surface area contributed by atoms with Gasteiger partial charge in [0.1, 0.15) is 11.6 Å². The van der Waals surface area contributed by atoms with Crippen LogP contribution in [0.15, 0.2) is 54.7 Å². The second-order valence-electron chi connectivity index (χ2n) is 9.51. The molecule has 37 heavy (non-hydrogen) atoms. The first-order chi connectivity index (χ1) is 17.8. The minimum absolute atomic E-state index is 0.152. The fraction of sp³-hybridized carbons (Fsp3) is 0.233. The number of nitrogen functional groups attached to an aromatic ring is 1. The van der Waals surface area contributed by atoms with E-state index in [1.807, 2.05) is 49.4 Å². The van der Waals surface area contributed by atoms with Gasteiger partial charge in [-0.1, -0.05) is 37.6 Å².